The quantitative estimate of drug-likeness (QED) is 0.0275. The zero-order chi connectivity index (χ0) is 76.5. The number of carboxylic acid groups (broad SMARTS) is 4. The van der Waals surface area contributed by atoms with E-state index in [4.69, 9.17) is 75.8 Å². The zero-order valence-electron chi connectivity index (χ0n) is 61.8. The van der Waals surface area contributed by atoms with Gasteiger partial charge in [0.2, 0.25) is 23.1 Å². The standard InChI is InChI=1S/4C17H30O8.Zr/c4*1-4-7-10-23-17(24-11-8-5-2,25-12-9-6-3)16(21)22-13-14(18)15(19)20;/h4*4-13H2,1-3H3,(H,19,20);/q;;;;+4/p-4. The molecule has 0 saturated carbocycles. The summed E-state index contributed by atoms with van der Waals surface area (Å²) in [5.74, 6) is -25.8. The molecule has 0 aromatic rings. The molecule has 0 aliphatic heterocycles. The Kier molecular flexibility index (Phi) is 70.3. The van der Waals surface area contributed by atoms with Crippen LogP contribution in [-0.2, 0) is 160 Å². The minimum Gasteiger partial charge on any atom is -0.542 e. The number of ketones is 4. The smallest absolute Gasteiger partial charge is 0.542 e. The van der Waals surface area contributed by atoms with Crippen LogP contribution in [0.15, 0.2) is 0 Å². The van der Waals surface area contributed by atoms with Crippen molar-refractivity contribution in [2.24, 2.45) is 0 Å². The van der Waals surface area contributed by atoms with Crippen molar-refractivity contribution in [1.82, 2.24) is 0 Å². The fourth-order valence-electron chi connectivity index (χ4n) is 6.53. The Hall–Kier alpha value is -5.16. The molecule has 0 amide bonds. The summed E-state index contributed by atoms with van der Waals surface area (Å²) in [6.45, 7) is 21.9. The van der Waals surface area contributed by atoms with Crippen LogP contribution in [0, 0.1) is 0 Å². The summed E-state index contributed by atoms with van der Waals surface area (Å²) in [7, 11) is 0. The van der Waals surface area contributed by atoms with E-state index in [1.165, 1.54) is 0 Å². The first-order valence-corrected chi connectivity index (χ1v) is 35.1. The minimum atomic E-state index is -2.09. The zero-order valence-corrected chi connectivity index (χ0v) is 64.3. The summed E-state index contributed by atoms with van der Waals surface area (Å²) in [5.41, 5.74) is 0. The molecular formula is C68H116O32Zr. The van der Waals surface area contributed by atoms with Gasteiger partial charge in [0.25, 0.3) is 0 Å². The average molecular weight is 1540 g/mol. The molecule has 0 aromatic carbocycles. The Bertz CT molecular complexity index is 1840. The molecule has 0 aliphatic rings. The maximum absolute atomic E-state index is 12.4. The molecule has 584 valence electrons. The van der Waals surface area contributed by atoms with E-state index in [2.05, 4.69) is 0 Å². The van der Waals surface area contributed by atoms with Gasteiger partial charge in [0.15, 0.2) is 26.4 Å². The largest absolute Gasteiger partial charge is 4.00 e. The fraction of sp³-hybridized carbons (Fsp3) is 0.824. The molecule has 0 spiro atoms. The van der Waals surface area contributed by atoms with Gasteiger partial charge in [-0.15, -0.1) is 0 Å². The molecule has 0 heterocycles. The topological polar surface area (TPSA) is 445 Å². The van der Waals surface area contributed by atoms with Gasteiger partial charge in [-0.05, 0) is 77.0 Å². The molecule has 32 nitrogen and oxygen atoms in total. The Balaban J connectivity index is -0.000000404. The first-order valence-electron chi connectivity index (χ1n) is 35.1. The first kappa shape index (κ1) is 104. The Morgan fingerprint density at radius 1 is 0.208 bits per heavy atom. The molecular weight excluding hydrogens is 1420 g/mol. The van der Waals surface area contributed by atoms with E-state index < -0.39 is 121 Å². The summed E-state index contributed by atoms with van der Waals surface area (Å²) in [6.07, 6.45) is 18.0. The average Bonchev–Trinajstić information content (AvgIpc) is 0.864. The normalized spacial score (nSPS) is 11.2. The molecule has 0 fully saturated rings. The van der Waals surface area contributed by atoms with Gasteiger partial charge < -0.3 is 115 Å². The second kappa shape index (κ2) is 68.0. The monoisotopic (exact) mass is 1530 g/mol. The van der Waals surface area contributed by atoms with Crippen LogP contribution >= 0.6 is 0 Å². The van der Waals surface area contributed by atoms with Crippen LogP contribution < -0.4 is 20.4 Å². The molecule has 0 unspecified atom stereocenters. The van der Waals surface area contributed by atoms with Gasteiger partial charge in [-0.2, -0.15) is 0 Å². The van der Waals surface area contributed by atoms with Crippen LogP contribution in [0.4, 0.5) is 0 Å². The third kappa shape index (κ3) is 50.8. The van der Waals surface area contributed by atoms with Crippen LogP contribution in [-0.4, -0.2) is 200 Å². The Labute approximate surface area is 614 Å². The molecule has 101 heavy (non-hydrogen) atoms. The summed E-state index contributed by atoms with van der Waals surface area (Å²) < 4.78 is 85.2. The number of hydrogen-bond donors (Lipinski definition) is 0. The molecule has 0 radical (unpaired) electrons. The second-order valence-corrected chi connectivity index (χ2v) is 21.8. The number of rotatable bonds is 64. The second-order valence-electron chi connectivity index (χ2n) is 21.8. The van der Waals surface area contributed by atoms with E-state index in [1.54, 1.807) is 0 Å². The van der Waals surface area contributed by atoms with Gasteiger partial charge >= 0.3 is 74.0 Å². The third-order valence-corrected chi connectivity index (χ3v) is 12.7. The van der Waals surface area contributed by atoms with Crippen LogP contribution in [0.2, 0.25) is 0 Å². The molecule has 0 N–H and O–H groups in total. The number of carbonyl (C=O) groups excluding carboxylic acids is 12. The number of hydrogen-bond acceptors (Lipinski definition) is 32. The summed E-state index contributed by atoms with van der Waals surface area (Å²) in [5, 5.41) is 41.8. The van der Waals surface area contributed by atoms with Crippen molar-refractivity contribution in [3.63, 3.8) is 0 Å². The number of esters is 4. The molecule has 33 heteroatoms. The van der Waals surface area contributed by atoms with E-state index in [9.17, 15) is 78.0 Å². The molecule has 0 aromatic heterocycles. The van der Waals surface area contributed by atoms with Crippen molar-refractivity contribution in [1.29, 1.82) is 0 Å². The molecule has 0 bridgehead atoms. The molecule has 0 atom stereocenters. The first-order chi connectivity index (χ1) is 47.7. The van der Waals surface area contributed by atoms with E-state index in [-0.39, 0.29) is 105 Å². The van der Waals surface area contributed by atoms with Crippen molar-refractivity contribution in [3.05, 3.63) is 0 Å². The van der Waals surface area contributed by atoms with E-state index in [0.717, 1.165) is 77.0 Å². The van der Waals surface area contributed by atoms with E-state index >= 15 is 0 Å². The van der Waals surface area contributed by atoms with E-state index in [0.29, 0.717) is 77.0 Å². The maximum atomic E-state index is 12.4. The Morgan fingerprint density at radius 3 is 0.386 bits per heavy atom. The predicted molar refractivity (Wildman–Crippen MR) is 345 cm³/mol. The SMILES string of the molecule is CCCCOC(OCCCC)(OCCCC)C(=O)OCC(=O)C(=O)[O-].CCCCOC(OCCCC)(OCCCC)C(=O)OCC(=O)C(=O)[O-].CCCCOC(OCCCC)(OCCCC)C(=O)OCC(=O)C(=O)[O-].CCCCOC(OCCCC)(OCCCC)C(=O)OCC(=O)C(=O)[O-].[Zr+4]. The van der Waals surface area contributed by atoms with Gasteiger partial charge in [0.05, 0.1) is 79.3 Å². The number of aliphatic carboxylic acids is 4. The van der Waals surface area contributed by atoms with Crippen molar-refractivity contribution in [3.8, 4) is 0 Å². The summed E-state index contributed by atoms with van der Waals surface area (Å²) >= 11 is 0. The minimum absolute atomic E-state index is 0. The van der Waals surface area contributed by atoms with Crippen LogP contribution in [0.25, 0.3) is 0 Å². The molecule has 0 rings (SSSR count). The number of carbonyl (C=O) groups is 12. The van der Waals surface area contributed by atoms with Gasteiger partial charge in [-0.1, -0.05) is 160 Å². The van der Waals surface area contributed by atoms with Crippen molar-refractivity contribution < 1.29 is 180 Å². The maximum Gasteiger partial charge on any atom is 4.00 e. The van der Waals surface area contributed by atoms with Crippen LogP contribution in [0.1, 0.15) is 237 Å². The summed E-state index contributed by atoms with van der Waals surface area (Å²) in [6, 6.07) is 0. The summed E-state index contributed by atoms with van der Waals surface area (Å²) in [4.78, 5) is 136. The van der Waals surface area contributed by atoms with Gasteiger partial charge in [0, 0.05) is 0 Å². The van der Waals surface area contributed by atoms with Gasteiger partial charge in [0.1, 0.15) is 23.9 Å². The van der Waals surface area contributed by atoms with Crippen LogP contribution in [0.5, 0.6) is 0 Å². The van der Waals surface area contributed by atoms with Gasteiger partial charge in [-0.3, -0.25) is 19.2 Å². The number of carboxylic acids is 4. The van der Waals surface area contributed by atoms with E-state index in [1.807, 2.05) is 83.1 Å². The fourth-order valence-corrected chi connectivity index (χ4v) is 6.53. The van der Waals surface area contributed by atoms with Crippen LogP contribution in [0.3, 0.4) is 0 Å². The number of Topliss-reactive ketones (excluding diaryl/α,β-unsaturated/α-hetero) is 4. The van der Waals surface area contributed by atoms with Gasteiger partial charge in [-0.25, -0.2) is 19.2 Å². The predicted octanol–water partition coefficient (Wildman–Crippen LogP) is 3.81. The van der Waals surface area contributed by atoms with Crippen molar-refractivity contribution in [2.45, 2.75) is 261 Å². The Morgan fingerprint density at radius 2 is 0.307 bits per heavy atom. The van der Waals surface area contributed by atoms with Crippen molar-refractivity contribution >= 4 is 70.9 Å². The third-order valence-electron chi connectivity index (χ3n) is 12.7. The van der Waals surface area contributed by atoms with Crippen molar-refractivity contribution in [2.75, 3.05) is 106 Å². The number of ether oxygens (including phenoxy) is 16. The molecule has 0 aliphatic carbocycles. The molecule has 0 saturated heterocycles. The number of unbranched alkanes of at least 4 members (excludes halogenated alkanes) is 12.